The van der Waals surface area contributed by atoms with Gasteiger partial charge in [-0.3, -0.25) is 34.3 Å². The normalized spacial score (nSPS) is 25.3. The monoisotopic (exact) mass is 438 g/mol. The fourth-order valence-corrected chi connectivity index (χ4v) is 5.67. The number of nitrogens with one attached hydrogen (secondary N) is 1. The summed E-state index contributed by atoms with van der Waals surface area (Å²) in [5.74, 6) is -1.02. The Balaban J connectivity index is 1.30. The summed E-state index contributed by atoms with van der Waals surface area (Å²) in [6.45, 7) is 4.66. The van der Waals surface area contributed by atoms with Gasteiger partial charge in [-0.15, -0.1) is 0 Å². The van der Waals surface area contributed by atoms with Crippen molar-refractivity contribution in [3.8, 4) is 0 Å². The van der Waals surface area contributed by atoms with Gasteiger partial charge in [-0.25, -0.2) is 0 Å². The molecule has 1 aromatic rings. The molecule has 2 saturated heterocycles. The molecule has 32 heavy (non-hydrogen) atoms. The van der Waals surface area contributed by atoms with E-state index < -0.39 is 23.8 Å². The molecule has 0 radical (unpaired) electrons. The number of benzene rings is 1. The smallest absolute Gasteiger partial charge is 0.264 e. The molecule has 0 aromatic heterocycles. The molecule has 1 aliphatic carbocycles. The van der Waals surface area contributed by atoms with E-state index in [-0.39, 0.29) is 18.7 Å². The van der Waals surface area contributed by atoms with Crippen LogP contribution in [0.5, 0.6) is 0 Å². The van der Waals surface area contributed by atoms with Crippen molar-refractivity contribution in [2.24, 2.45) is 5.92 Å². The molecule has 4 amide bonds. The van der Waals surface area contributed by atoms with Crippen LogP contribution in [0.4, 0.5) is 5.69 Å². The van der Waals surface area contributed by atoms with E-state index in [1.165, 1.54) is 32.1 Å². The number of rotatable bonds is 4. The first-order valence-corrected chi connectivity index (χ1v) is 11.8. The minimum Gasteiger partial charge on any atom is -0.368 e. The number of anilines is 1. The Morgan fingerprint density at radius 3 is 2.34 bits per heavy atom. The van der Waals surface area contributed by atoms with Gasteiger partial charge in [0.1, 0.15) is 6.04 Å². The quantitative estimate of drug-likeness (QED) is 0.721. The summed E-state index contributed by atoms with van der Waals surface area (Å²) in [4.78, 5) is 56.0. The number of amides is 4. The SMILES string of the molecule is O=C1CCC(N2C(=O)c3cccc(N4CCN(CC5CCCCC5)CC4)c3C2=O)C(=O)N1. The van der Waals surface area contributed by atoms with Gasteiger partial charge in [0, 0.05) is 39.1 Å². The van der Waals surface area contributed by atoms with Crippen molar-refractivity contribution < 1.29 is 19.2 Å². The highest BCUT2D eigenvalue weighted by Crippen LogP contribution is 2.35. The van der Waals surface area contributed by atoms with Crippen LogP contribution in [0.1, 0.15) is 65.7 Å². The number of hydrogen-bond acceptors (Lipinski definition) is 6. The summed E-state index contributed by atoms with van der Waals surface area (Å²) in [5.41, 5.74) is 1.51. The van der Waals surface area contributed by atoms with Crippen LogP contribution in [0.15, 0.2) is 18.2 Å². The molecule has 3 fully saturated rings. The van der Waals surface area contributed by atoms with Crippen molar-refractivity contribution in [1.29, 1.82) is 0 Å². The van der Waals surface area contributed by atoms with Crippen molar-refractivity contribution >= 4 is 29.3 Å². The van der Waals surface area contributed by atoms with Crippen LogP contribution in [0.2, 0.25) is 0 Å². The van der Waals surface area contributed by atoms with E-state index >= 15 is 0 Å². The maximum absolute atomic E-state index is 13.3. The number of hydrogen-bond donors (Lipinski definition) is 1. The van der Waals surface area contributed by atoms with Gasteiger partial charge < -0.3 is 4.90 Å². The molecule has 1 unspecified atom stereocenters. The van der Waals surface area contributed by atoms with Crippen LogP contribution in [0.3, 0.4) is 0 Å². The second kappa shape index (κ2) is 8.65. The topological polar surface area (TPSA) is 90.0 Å². The zero-order chi connectivity index (χ0) is 22.2. The average molecular weight is 439 g/mol. The second-order valence-corrected chi connectivity index (χ2v) is 9.44. The summed E-state index contributed by atoms with van der Waals surface area (Å²) >= 11 is 0. The van der Waals surface area contributed by atoms with E-state index in [0.29, 0.717) is 11.1 Å². The lowest BCUT2D eigenvalue weighted by molar-refractivity contribution is -0.136. The summed E-state index contributed by atoms with van der Waals surface area (Å²) in [7, 11) is 0. The molecule has 3 heterocycles. The van der Waals surface area contributed by atoms with Gasteiger partial charge in [0.2, 0.25) is 11.8 Å². The standard InChI is InChI=1S/C24H30N4O4/c29-20-10-9-19(22(30)25-20)28-23(31)17-7-4-8-18(21(17)24(28)32)27-13-11-26(12-14-27)15-16-5-2-1-3-6-16/h4,7-8,16,19H,1-3,5-6,9-15H2,(H,25,29,30). The highest BCUT2D eigenvalue weighted by Gasteiger charge is 2.46. The lowest BCUT2D eigenvalue weighted by Crippen LogP contribution is -2.54. The summed E-state index contributed by atoms with van der Waals surface area (Å²) < 4.78 is 0. The lowest BCUT2D eigenvalue weighted by Gasteiger charge is -2.38. The van der Waals surface area contributed by atoms with Gasteiger partial charge in [0.25, 0.3) is 11.8 Å². The predicted molar refractivity (Wildman–Crippen MR) is 118 cm³/mol. The fourth-order valence-electron chi connectivity index (χ4n) is 5.67. The molecule has 1 saturated carbocycles. The first-order valence-electron chi connectivity index (χ1n) is 11.8. The van der Waals surface area contributed by atoms with Gasteiger partial charge in [-0.2, -0.15) is 0 Å². The molecule has 0 spiro atoms. The lowest BCUT2D eigenvalue weighted by atomic mass is 9.89. The van der Waals surface area contributed by atoms with Crippen LogP contribution < -0.4 is 10.2 Å². The zero-order valence-electron chi connectivity index (χ0n) is 18.3. The molecular formula is C24H30N4O4. The minimum absolute atomic E-state index is 0.125. The Morgan fingerprint density at radius 1 is 0.875 bits per heavy atom. The third kappa shape index (κ3) is 3.81. The van der Waals surface area contributed by atoms with Crippen molar-refractivity contribution in [3.05, 3.63) is 29.3 Å². The van der Waals surface area contributed by atoms with Gasteiger partial charge in [-0.05, 0) is 37.3 Å². The molecule has 0 bridgehead atoms. The Morgan fingerprint density at radius 2 is 1.62 bits per heavy atom. The van der Waals surface area contributed by atoms with E-state index in [1.807, 2.05) is 12.1 Å². The Hall–Kier alpha value is -2.74. The second-order valence-electron chi connectivity index (χ2n) is 9.44. The van der Waals surface area contributed by atoms with Gasteiger partial charge in [0.15, 0.2) is 0 Å². The van der Waals surface area contributed by atoms with Crippen LogP contribution in [0.25, 0.3) is 0 Å². The summed E-state index contributed by atoms with van der Waals surface area (Å²) in [6, 6.07) is 4.43. The van der Waals surface area contributed by atoms with Crippen LogP contribution in [-0.4, -0.2) is 72.2 Å². The van der Waals surface area contributed by atoms with Gasteiger partial charge in [0.05, 0.1) is 16.8 Å². The summed E-state index contributed by atoms with van der Waals surface area (Å²) in [5, 5.41) is 2.25. The number of imide groups is 2. The van der Waals surface area contributed by atoms with Crippen molar-refractivity contribution in [2.75, 3.05) is 37.6 Å². The first-order chi connectivity index (χ1) is 15.5. The van der Waals surface area contributed by atoms with E-state index in [0.717, 1.165) is 49.2 Å². The largest absolute Gasteiger partial charge is 0.368 e. The maximum Gasteiger partial charge on any atom is 0.264 e. The van der Waals surface area contributed by atoms with Crippen molar-refractivity contribution in [3.63, 3.8) is 0 Å². The molecule has 8 heteroatoms. The van der Waals surface area contributed by atoms with Crippen LogP contribution in [0, 0.1) is 5.92 Å². The van der Waals surface area contributed by atoms with Gasteiger partial charge in [-0.1, -0.05) is 25.3 Å². The Bertz CT molecular complexity index is 947. The molecule has 1 N–H and O–H groups in total. The number of piperazine rings is 1. The van der Waals surface area contributed by atoms with E-state index in [2.05, 4.69) is 15.1 Å². The number of carbonyl (C=O) groups excluding carboxylic acids is 4. The number of piperidine rings is 1. The Labute approximate surface area is 187 Å². The van der Waals surface area contributed by atoms with Crippen LogP contribution >= 0.6 is 0 Å². The van der Waals surface area contributed by atoms with Gasteiger partial charge >= 0.3 is 0 Å². The predicted octanol–water partition coefficient (Wildman–Crippen LogP) is 1.79. The maximum atomic E-state index is 13.3. The fraction of sp³-hybridized carbons (Fsp3) is 0.583. The number of nitrogens with zero attached hydrogens (tertiary/aromatic N) is 3. The van der Waals surface area contributed by atoms with E-state index in [1.54, 1.807) is 6.07 Å². The molecule has 170 valence electrons. The third-order valence-corrected chi connectivity index (χ3v) is 7.40. The molecule has 1 aromatic carbocycles. The number of fused-ring (bicyclic) bond motifs is 1. The summed E-state index contributed by atoms with van der Waals surface area (Å²) in [6.07, 6.45) is 7.02. The van der Waals surface area contributed by atoms with Crippen LogP contribution in [-0.2, 0) is 9.59 Å². The van der Waals surface area contributed by atoms with Crippen molar-refractivity contribution in [2.45, 2.75) is 51.0 Å². The van der Waals surface area contributed by atoms with Crippen molar-refractivity contribution in [1.82, 2.24) is 15.1 Å². The highest BCUT2D eigenvalue weighted by atomic mass is 16.2. The third-order valence-electron chi connectivity index (χ3n) is 7.40. The Kier molecular flexibility index (Phi) is 5.71. The minimum atomic E-state index is -0.930. The molecular weight excluding hydrogens is 408 g/mol. The molecule has 5 rings (SSSR count). The molecule has 1 atom stereocenters. The van der Waals surface area contributed by atoms with E-state index in [4.69, 9.17) is 0 Å². The van der Waals surface area contributed by atoms with E-state index in [9.17, 15) is 19.2 Å². The number of carbonyl (C=O) groups is 4. The first kappa shape index (κ1) is 21.1. The molecule has 4 aliphatic rings. The zero-order valence-corrected chi connectivity index (χ0v) is 18.3. The molecule has 8 nitrogen and oxygen atoms in total. The molecule has 3 aliphatic heterocycles. The highest BCUT2D eigenvalue weighted by molar-refractivity contribution is 6.25. The average Bonchev–Trinajstić information content (AvgIpc) is 3.06.